The maximum atomic E-state index is 12.3. The van der Waals surface area contributed by atoms with E-state index in [1.165, 1.54) is 0 Å². The summed E-state index contributed by atoms with van der Waals surface area (Å²) >= 11 is 0. The van der Waals surface area contributed by atoms with Crippen LogP contribution in [0.25, 0.3) is 0 Å². The van der Waals surface area contributed by atoms with E-state index in [0.717, 1.165) is 19.4 Å². The first-order valence-corrected chi connectivity index (χ1v) is 8.05. The zero-order chi connectivity index (χ0) is 16.3. The summed E-state index contributed by atoms with van der Waals surface area (Å²) in [7, 11) is 0. The van der Waals surface area contributed by atoms with Crippen LogP contribution in [0.4, 0.5) is 4.79 Å². The molecule has 2 N–H and O–H groups in total. The second-order valence-electron chi connectivity index (χ2n) is 6.37. The fraction of sp³-hybridized carbons (Fsp3) is 0.867. The van der Waals surface area contributed by atoms with E-state index >= 15 is 0 Å². The summed E-state index contributed by atoms with van der Waals surface area (Å²) in [5.74, 6) is -0.800. The lowest BCUT2D eigenvalue weighted by molar-refractivity contribution is -0.139. The molecule has 2 fully saturated rings. The molecule has 2 rings (SSSR count). The Bertz CT molecular complexity index is 412. The first-order valence-electron chi connectivity index (χ1n) is 8.05. The molecule has 1 aliphatic heterocycles. The van der Waals surface area contributed by atoms with Gasteiger partial charge in [-0.2, -0.15) is 0 Å². The number of morpholine rings is 1. The molecule has 22 heavy (non-hydrogen) atoms. The van der Waals surface area contributed by atoms with Crippen LogP contribution in [0.5, 0.6) is 0 Å². The second-order valence-corrected chi connectivity index (χ2v) is 6.37. The van der Waals surface area contributed by atoms with Gasteiger partial charge in [0.1, 0.15) is 0 Å². The molecule has 2 aliphatic rings. The van der Waals surface area contributed by atoms with Crippen molar-refractivity contribution in [2.75, 3.05) is 26.2 Å². The molecule has 0 spiro atoms. The first kappa shape index (κ1) is 17.0. The van der Waals surface area contributed by atoms with Gasteiger partial charge in [0.2, 0.25) is 0 Å². The predicted octanol–water partition coefficient (Wildman–Crippen LogP) is 0.743. The molecule has 1 aliphatic carbocycles. The topological polar surface area (TPSA) is 82.1 Å². The summed E-state index contributed by atoms with van der Waals surface area (Å²) in [5.41, 5.74) is 0. The maximum Gasteiger partial charge on any atom is 0.318 e. The Kier molecular flexibility index (Phi) is 5.63. The predicted molar refractivity (Wildman–Crippen MR) is 81.8 cm³/mol. The van der Waals surface area contributed by atoms with Crippen LogP contribution in [0.2, 0.25) is 0 Å². The Morgan fingerprint density at radius 3 is 2.64 bits per heavy atom. The number of amides is 2. The molecule has 2 unspecified atom stereocenters. The van der Waals surface area contributed by atoms with Crippen molar-refractivity contribution in [3.8, 4) is 0 Å². The molecule has 7 nitrogen and oxygen atoms in total. The van der Waals surface area contributed by atoms with Crippen LogP contribution in [-0.2, 0) is 9.53 Å². The van der Waals surface area contributed by atoms with E-state index in [2.05, 4.69) is 5.32 Å². The van der Waals surface area contributed by atoms with Crippen molar-refractivity contribution in [3.05, 3.63) is 0 Å². The minimum Gasteiger partial charge on any atom is -0.480 e. The molecule has 1 heterocycles. The molecule has 0 aromatic rings. The summed E-state index contributed by atoms with van der Waals surface area (Å²) in [6.07, 6.45) is 1.71. The highest BCUT2D eigenvalue weighted by Crippen LogP contribution is 2.26. The van der Waals surface area contributed by atoms with Crippen LogP contribution >= 0.6 is 0 Å². The number of carbonyl (C=O) groups excluding carboxylic acids is 1. The highest BCUT2D eigenvalue weighted by Gasteiger charge is 2.36. The van der Waals surface area contributed by atoms with Crippen molar-refractivity contribution >= 4 is 12.0 Å². The number of carboxylic acids is 1. The van der Waals surface area contributed by atoms with Gasteiger partial charge in [-0.3, -0.25) is 9.69 Å². The van der Waals surface area contributed by atoms with Gasteiger partial charge in [0, 0.05) is 18.6 Å². The number of nitrogens with zero attached hydrogens (tertiary/aromatic N) is 2. The van der Waals surface area contributed by atoms with Crippen molar-refractivity contribution in [1.29, 1.82) is 0 Å². The van der Waals surface area contributed by atoms with Gasteiger partial charge in [-0.15, -0.1) is 0 Å². The third-order valence-electron chi connectivity index (χ3n) is 4.57. The van der Waals surface area contributed by atoms with Crippen molar-refractivity contribution in [2.45, 2.75) is 57.8 Å². The molecule has 126 valence electrons. The number of hydrogen-bond donors (Lipinski definition) is 2. The molecule has 2 amide bonds. The fourth-order valence-electron chi connectivity index (χ4n) is 3.12. The third-order valence-corrected chi connectivity index (χ3v) is 4.57. The van der Waals surface area contributed by atoms with Crippen LogP contribution in [0, 0.1) is 0 Å². The monoisotopic (exact) mass is 313 g/mol. The van der Waals surface area contributed by atoms with Crippen molar-refractivity contribution in [3.63, 3.8) is 0 Å². The highest BCUT2D eigenvalue weighted by atomic mass is 16.5. The van der Waals surface area contributed by atoms with Gasteiger partial charge in [0.05, 0.1) is 25.3 Å². The number of hydrogen-bond acceptors (Lipinski definition) is 4. The van der Waals surface area contributed by atoms with Crippen LogP contribution in [0.1, 0.15) is 33.6 Å². The molecule has 1 saturated heterocycles. The Labute approximate surface area is 131 Å². The van der Waals surface area contributed by atoms with Gasteiger partial charge in [-0.05, 0) is 33.2 Å². The largest absolute Gasteiger partial charge is 0.480 e. The number of ether oxygens (including phenoxy) is 1. The molecule has 1 saturated carbocycles. The molecule has 0 aromatic heterocycles. The molecule has 7 heteroatoms. The van der Waals surface area contributed by atoms with Crippen LogP contribution in [-0.4, -0.2) is 77.4 Å². The minimum absolute atomic E-state index is 0.0348. The lowest BCUT2D eigenvalue weighted by Crippen LogP contribution is -2.60. The Balaban J connectivity index is 1.77. The molecule has 0 bridgehead atoms. The molecule has 2 atom stereocenters. The zero-order valence-electron chi connectivity index (χ0n) is 13.6. The SMILES string of the molecule is CCN(CC(=O)O)C1CC(NC(=O)N2CC(C)OCC2C)C1. The van der Waals surface area contributed by atoms with Gasteiger partial charge in [-0.1, -0.05) is 6.92 Å². The van der Waals surface area contributed by atoms with Crippen LogP contribution in [0.3, 0.4) is 0 Å². The van der Waals surface area contributed by atoms with Crippen molar-refractivity contribution in [1.82, 2.24) is 15.1 Å². The van der Waals surface area contributed by atoms with Gasteiger partial charge < -0.3 is 20.1 Å². The second kappa shape index (κ2) is 7.28. The van der Waals surface area contributed by atoms with E-state index in [4.69, 9.17) is 9.84 Å². The number of carbonyl (C=O) groups is 2. The maximum absolute atomic E-state index is 12.3. The molecule has 0 aromatic carbocycles. The van der Waals surface area contributed by atoms with E-state index in [0.29, 0.717) is 13.2 Å². The summed E-state index contributed by atoms with van der Waals surface area (Å²) in [5, 5.41) is 11.9. The van der Waals surface area contributed by atoms with Crippen LogP contribution < -0.4 is 5.32 Å². The molecular formula is C15H27N3O4. The summed E-state index contributed by atoms with van der Waals surface area (Å²) in [6.45, 7) is 7.89. The number of nitrogens with one attached hydrogen (secondary N) is 1. The van der Waals surface area contributed by atoms with Crippen LogP contribution in [0.15, 0.2) is 0 Å². The van der Waals surface area contributed by atoms with E-state index in [9.17, 15) is 9.59 Å². The van der Waals surface area contributed by atoms with E-state index in [1.54, 1.807) is 0 Å². The van der Waals surface area contributed by atoms with E-state index < -0.39 is 5.97 Å². The number of carboxylic acid groups (broad SMARTS) is 1. The standard InChI is InChI=1S/C15H27N3O4/c1-4-17(8-14(19)20)13-5-12(6-13)16-15(21)18-7-11(3)22-9-10(18)2/h10-13H,4-9H2,1-3H3,(H,16,21)(H,19,20). The number of aliphatic carboxylic acids is 1. The highest BCUT2D eigenvalue weighted by molar-refractivity contribution is 5.75. The first-order chi connectivity index (χ1) is 10.4. The summed E-state index contributed by atoms with van der Waals surface area (Å²) < 4.78 is 5.53. The average Bonchev–Trinajstić information content (AvgIpc) is 2.42. The summed E-state index contributed by atoms with van der Waals surface area (Å²) in [6, 6.07) is 0.455. The molecule has 0 radical (unpaired) electrons. The lowest BCUT2D eigenvalue weighted by Gasteiger charge is -2.44. The number of urea groups is 1. The number of likely N-dealkylation sites (N-methyl/N-ethyl adjacent to an activating group) is 1. The van der Waals surface area contributed by atoms with Gasteiger partial charge in [-0.25, -0.2) is 4.79 Å². The summed E-state index contributed by atoms with van der Waals surface area (Å²) in [4.78, 5) is 26.9. The smallest absolute Gasteiger partial charge is 0.318 e. The van der Waals surface area contributed by atoms with Gasteiger partial charge in [0.15, 0.2) is 0 Å². The van der Waals surface area contributed by atoms with Crippen molar-refractivity contribution < 1.29 is 19.4 Å². The quantitative estimate of drug-likeness (QED) is 0.782. The van der Waals surface area contributed by atoms with E-state index in [1.807, 2.05) is 30.6 Å². The lowest BCUT2D eigenvalue weighted by atomic mass is 9.85. The zero-order valence-corrected chi connectivity index (χ0v) is 13.6. The van der Waals surface area contributed by atoms with Crippen molar-refractivity contribution in [2.24, 2.45) is 0 Å². The fourth-order valence-corrected chi connectivity index (χ4v) is 3.12. The Morgan fingerprint density at radius 2 is 2.05 bits per heavy atom. The minimum atomic E-state index is -0.800. The average molecular weight is 313 g/mol. The Morgan fingerprint density at radius 1 is 1.36 bits per heavy atom. The normalized spacial score (nSPS) is 31.7. The molecular weight excluding hydrogens is 286 g/mol. The Hall–Kier alpha value is -1.34. The van der Waals surface area contributed by atoms with Gasteiger partial charge >= 0.3 is 12.0 Å². The number of rotatable bonds is 5. The van der Waals surface area contributed by atoms with E-state index in [-0.39, 0.29) is 36.8 Å². The van der Waals surface area contributed by atoms with Gasteiger partial charge in [0.25, 0.3) is 0 Å². The third kappa shape index (κ3) is 4.10.